The Hall–Kier alpha value is -0.160. The van der Waals surface area contributed by atoms with Crippen LogP contribution in [-0.4, -0.2) is 67.3 Å². The van der Waals surface area contributed by atoms with Gasteiger partial charge in [0.15, 0.2) is 0 Å². The van der Waals surface area contributed by atoms with Crippen LogP contribution in [0.15, 0.2) is 0 Å². The number of nitrogens with zero attached hydrogens (tertiary/aromatic N) is 2. The van der Waals surface area contributed by atoms with Crippen molar-refractivity contribution in [2.24, 2.45) is 17.6 Å². The minimum atomic E-state index is 0.365. The Kier molecular flexibility index (Phi) is 3.53. The Morgan fingerprint density at radius 3 is 2.60 bits per heavy atom. The van der Waals surface area contributed by atoms with Crippen molar-refractivity contribution < 1.29 is 4.74 Å². The maximum Gasteiger partial charge on any atom is 0.0594 e. The molecule has 2 saturated heterocycles. The van der Waals surface area contributed by atoms with Gasteiger partial charge in [-0.1, -0.05) is 6.42 Å². The van der Waals surface area contributed by atoms with Crippen LogP contribution in [0.5, 0.6) is 0 Å². The Bertz CT molecular complexity index is 358. The van der Waals surface area contributed by atoms with Gasteiger partial charge < -0.3 is 10.5 Å². The van der Waals surface area contributed by atoms with Gasteiger partial charge in [0, 0.05) is 44.3 Å². The van der Waals surface area contributed by atoms with Crippen molar-refractivity contribution in [3.63, 3.8) is 0 Å². The number of ether oxygens (including phenoxy) is 1. The molecule has 2 N–H and O–H groups in total. The lowest BCUT2D eigenvalue weighted by Gasteiger charge is -2.45. The van der Waals surface area contributed by atoms with Crippen LogP contribution in [0.2, 0.25) is 0 Å². The van der Waals surface area contributed by atoms with Crippen LogP contribution in [0.4, 0.5) is 0 Å². The van der Waals surface area contributed by atoms with E-state index in [1.54, 1.807) is 0 Å². The number of hydrogen-bond acceptors (Lipinski definition) is 4. The van der Waals surface area contributed by atoms with Crippen LogP contribution in [0.1, 0.15) is 32.1 Å². The van der Waals surface area contributed by atoms with Gasteiger partial charge in [-0.2, -0.15) is 0 Å². The van der Waals surface area contributed by atoms with Crippen molar-refractivity contribution >= 4 is 0 Å². The molecule has 2 aliphatic heterocycles. The predicted octanol–water partition coefficient (Wildman–Crippen LogP) is 0.910. The van der Waals surface area contributed by atoms with E-state index in [0.717, 1.165) is 50.7 Å². The number of nitrogens with two attached hydrogens (primary N) is 1. The van der Waals surface area contributed by atoms with Gasteiger partial charge in [-0.3, -0.25) is 9.80 Å². The number of hydrogen-bond donors (Lipinski definition) is 1. The van der Waals surface area contributed by atoms with Crippen LogP contribution >= 0.6 is 0 Å². The molecule has 0 aromatic carbocycles. The molecule has 2 aliphatic carbocycles. The van der Waals surface area contributed by atoms with E-state index in [1.807, 2.05) is 0 Å². The molecule has 0 aromatic rings. The smallest absolute Gasteiger partial charge is 0.0594 e. The zero-order valence-corrected chi connectivity index (χ0v) is 12.6. The quantitative estimate of drug-likeness (QED) is 0.834. The minimum Gasteiger partial charge on any atom is -0.379 e. The third kappa shape index (κ3) is 2.04. The maximum atomic E-state index is 6.28. The zero-order chi connectivity index (χ0) is 13.6. The molecule has 0 amide bonds. The first-order valence-electron chi connectivity index (χ1n) is 8.59. The minimum absolute atomic E-state index is 0.365. The second kappa shape index (κ2) is 5.24. The molecule has 0 radical (unpaired) electrons. The van der Waals surface area contributed by atoms with Crippen molar-refractivity contribution in [2.75, 3.05) is 45.9 Å². The summed E-state index contributed by atoms with van der Waals surface area (Å²) >= 11 is 0. The van der Waals surface area contributed by atoms with Gasteiger partial charge in [0.25, 0.3) is 0 Å². The van der Waals surface area contributed by atoms with Crippen molar-refractivity contribution in [2.45, 2.75) is 43.7 Å². The monoisotopic (exact) mass is 279 g/mol. The first-order valence-corrected chi connectivity index (χ1v) is 8.59. The van der Waals surface area contributed by atoms with E-state index in [-0.39, 0.29) is 0 Å². The summed E-state index contributed by atoms with van der Waals surface area (Å²) in [5.41, 5.74) is 6.65. The maximum absolute atomic E-state index is 6.28. The summed E-state index contributed by atoms with van der Waals surface area (Å²) in [6, 6.07) is 0.751. The summed E-state index contributed by atoms with van der Waals surface area (Å²) in [5.74, 6) is 1.87. The summed E-state index contributed by atoms with van der Waals surface area (Å²) < 4.78 is 5.49. The molecule has 4 aliphatic rings. The Balaban J connectivity index is 1.44. The highest BCUT2D eigenvalue weighted by Crippen LogP contribution is 2.53. The summed E-state index contributed by atoms with van der Waals surface area (Å²) in [5, 5.41) is 0. The highest BCUT2D eigenvalue weighted by atomic mass is 16.5. The molecule has 0 spiro atoms. The lowest BCUT2D eigenvalue weighted by Crippen LogP contribution is -2.57. The van der Waals surface area contributed by atoms with E-state index in [9.17, 15) is 0 Å². The number of fused-ring (bicyclic) bond motifs is 2. The van der Waals surface area contributed by atoms with Gasteiger partial charge in [-0.25, -0.2) is 0 Å². The SMILES string of the molecule is NCC1(N2CCC(N3CCOCC3)C2)CC2CCC1C2. The van der Waals surface area contributed by atoms with E-state index in [2.05, 4.69) is 9.80 Å². The summed E-state index contributed by atoms with van der Waals surface area (Å²) in [6.07, 6.45) is 7.06. The molecule has 0 aromatic heterocycles. The van der Waals surface area contributed by atoms with E-state index in [4.69, 9.17) is 10.5 Å². The highest BCUT2D eigenvalue weighted by Gasteiger charge is 2.54. The fourth-order valence-electron chi connectivity index (χ4n) is 5.57. The van der Waals surface area contributed by atoms with Crippen LogP contribution in [0.25, 0.3) is 0 Å². The highest BCUT2D eigenvalue weighted by molar-refractivity contribution is 5.10. The normalized spacial score (nSPS) is 46.4. The second-order valence-corrected chi connectivity index (χ2v) is 7.42. The van der Waals surface area contributed by atoms with Crippen molar-refractivity contribution in [1.82, 2.24) is 9.80 Å². The molecule has 2 heterocycles. The fraction of sp³-hybridized carbons (Fsp3) is 1.00. The first-order chi connectivity index (χ1) is 9.82. The van der Waals surface area contributed by atoms with E-state index in [0.29, 0.717) is 5.54 Å². The van der Waals surface area contributed by atoms with Crippen LogP contribution < -0.4 is 5.73 Å². The predicted molar refractivity (Wildman–Crippen MR) is 79.6 cm³/mol. The molecule has 4 nitrogen and oxygen atoms in total. The number of rotatable bonds is 3. The molecule has 2 bridgehead atoms. The van der Waals surface area contributed by atoms with Gasteiger partial charge in [0.05, 0.1) is 13.2 Å². The molecule has 114 valence electrons. The van der Waals surface area contributed by atoms with Gasteiger partial charge in [0.2, 0.25) is 0 Å². The second-order valence-electron chi connectivity index (χ2n) is 7.42. The zero-order valence-electron chi connectivity index (χ0n) is 12.6. The van der Waals surface area contributed by atoms with Crippen molar-refractivity contribution in [3.8, 4) is 0 Å². The summed E-state index contributed by atoms with van der Waals surface area (Å²) in [4.78, 5) is 5.44. The largest absolute Gasteiger partial charge is 0.379 e. The Morgan fingerprint density at radius 1 is 1.10 bits per heavy atom. The molecular weight excluding hydrogens is 250 g/mol. The molecule has 4 atom stereocenters. The van der Waals surface area contributed by atoms with Crippen LogP contribution in [0.3, 0.4) is 0 Å². The fourth-order valence-corrected chi connectivity index (χ4v) is 5.57. The topological polar surface area (TPSA) is 41.7 Å². The van der Waals surface area contributed by atoms with Gasteiger partial charge in [-0.05, 0) is 37.5 Å². The number of likely N-dealkylation sites (tertiary alicyclic amines) is 1. The standard InChI is InChI=1S/C16H29N3O/c17-12-16(10-13-1-2-14(16)9-13)19-4-3-15(11-19)18-5-7-20-8-6-18/h13-15H,1-12,17H2. The van der Waals surface area contributed by atoms with Gasteiger partial charge >= 0.3 is 0 Å². The summed E-state index contributed by atoms with van der Waals surface area (Å²) in [6.45, 7) is 7.49. The lowest BCUT2D eigenvalue weighted by atomic mass is 9.79. The Morgan fingerprint density at radius 2 is 1.95 bits per heavy atom. The molecule has 2 saturated carbocycles. The average molecular weight is 279 g/mol. The lowest BCUT2D eigenvalue weighted by molar-refractivity contribution is 0.00997. The summed E-state index contributed by atoms with van der Waals surface area (Å²) in [7, 11) is 0. The third-order valence-corrected chi connectivity index (χ3v) is 6.65. The van der Waals surface area contributed by atoms with Crippen molar-refractivity contribution in [3.05, 3.63) is 0 Å². The molecule has 4 rings (SSSR count). The van der Waals surface area contributed by atoms with Crippen LogP contribution in [0, 0.1) is 11.8 Å². The average Bonchev–Trinajstić information content (AvgIpc) is 3.23. The van der Waals surface area contributed by atoms with Gasteiger partial charge in [0.1, 0.15) is 0 Å². The molecule has 4 heteroatoms. The van der Waals surface area contributed by atoms with E-state index in [1.165, 1.54) is 45.2 Å². The first kappa shape index (κ1) is 13.5. The van der Waals surface area contributed by atoms with E-state index >= 15 is 0 Å². The van der Waals surface area contributed by atoms with Gasteiger partial charge in [-0.15, -0.1) is 0 Å². The number of morpholine rings is 1. The molecular formula is C16H29N3O. The molecule has 4 unspecified atom stereocenters. The van der Waals surface area contributed by atoms with Crippen molar-refractivity contribution in [1.29, 1.82) is 0 Å². The third-order valence-electron chi connectivity index (χ3n) is 6.65. The molecule has 4 fully saturated rings. The van der Waals surface area contributed by atoms with Crippen LogP contribution in [-0.2, 0) is 4.74 Å². The van der Waals surface area contributed by atoms with E-state index < -0.39 is 0 Å². The Labute approximate surface area is 122 Å². The molecule has 20 heavy (non-hydrogen) atoms.